The van der Waals surface area contributed by atoms with Gasteiger partial charge in [0.05, 0.1) is 0 Å². The number of hydrogen-bond donors (Lipinski definition) is 3. The Morgan fingerprint density at radius 3 is 2.60 bits per heavy atom. The molecule has 20 heavy (non-hydrogen) atoms. The summed E-state index contributed by atoms with van der Waals surface area (Å²) in [5, 5.41) is 7.54. The molecule has 6 heteroatoms. The monoisotopic (exact) mass is 277 g/mol. The van der Waals surface area contributed by atoms with Gasteiger partial charge in [0.15, 0.2) is 0 Å². The minimum atomic E-state index is -0.693. The van der Waals surface area contributed by atoms with E-state index in [0.29, 0.717) is 31.6 Å². The summed E-state index contributed by atoms with van der Waals surface area (Å²) in [4.78, 5) is 33.3. The van der Waals surface area contributed by atoms with Crippen molar-refractivity contribution in [3.05, 3.63) is 29.3 Å². The van der Waals surface area contributed by atoms with Gasteiger partial charge in [-0.05, 0) is 37.5 Å². The predicted molar refractivity (Wildman–Crippen MR) is 76.2 cm³/mol. The van der Waals surface area contributed by atoms with Crippen molar-refractivity contribution in [2.75, 3.05) is 18.4 Å². The van der Waals surface area contributed by atoms with Crippen LogP contribution in [0.2, 0.25) is 0 Å². The summed E-state index contributed by atoms with van der Waals surface area (Å²) in [6, 6.07) is 5.63. The largest absolute Gasteiger partial charge is 0.359 e. The molecular formula is C14H19N3O3. The van der Waals surface area contributed by atoms with Crippen LogP contribution in [0.25, 0.3) is 0 Å². The molecular weight excluding hydrogens is 258 g/mol. The molecule has 3 amide bonds. The molecule has 0 spiro atoms. The third-order valence-electron chi connectivity index (χ3n) is 2.71. The van der Waals surface area contributed by atoms with Crippen LogP contribution in [0.15, 0.2) is 18.2 Å². The summed E-state index contributed by atoms with van der Waals surface area (Å²) in [5.41, 5.74) is 2.53. The first-order valence-electron chi connectivity index (χ1n) is 6.38. The molecule has 0 aliphatic rings. The maximum atomic E-state index is 11.7. The molecule has 0 fully saturated rings. The fraction of sp³-hybridized carbons (Fsp3) is 0.357. The fourth-order valence-corrected chi connectivity index (χ4v) is 1.58. The van der Waals surface area contributed by atoms with Crippen molar-refractivity contribution in [1.29, 1.82) is 0 Å². The van der Waals surface area contributed by atoms with E-state index in [1.54, 1.807) is 0 Å². The van der Waals surface area contributed by atoms with Gasteiger partial charge in [0.25, 0.3) is 0 Å². The number of rotatable bonds is 6. The van der Waals surface area contributed by atoms with Gasteiger partial charge in [-0.15, -0.1) is 0 Å². The lowest BCUT2D eigenvalue weighted by Gasteiger charge is -2.09. The maximum Gasteiger partial charge on any atom is 0.313 e. The van der Waals surface area contributed by atoms with Gasteiger partial charge in [0.2, 0.25) is 6.41 Å². The number of anilines is 1. The zero-order valence-electron chi connectivity index (χ0n) is 11.7. The number of carbonyl (C=O) groups excluding carboxylic acids is 3. The van der Waals surface area contributed by atoms with Crippen LogP contribution in [0.4, 0.5) is 5.69 Å². The first kappa shape index (κ1) is 15.7. The van der Waals surface area contributed by atoms with Crippen LogP contribution in [0, 0.1) is 13.8 Å². The lowest BCUT2D eigenvalue weighted by molar-refractivity contribution is -0.136. The van der Waals surface area contributed by atoms with E-state index >= 15 is 0 Å². The summed E-state index contributed by atoms with van der Waals surface area (Å²) in [5.74, 6) is -1.38. The van der Waals surface area contributed by atoms with E-state index in [1.807, 2.05) is 32.0 Å². The molecule has 0 unspecified atom stereocenters. The SMILES string of the molecule is Cc1ccc(C)c(NC(=O)C(=O)NCCCNC=O)c1. The number of benzene rings is 1. The third kappa shape index (κ3) is 5.09. The molecule has 1 rings (SSSR count). The summed E-state index contributed by atoms with van der Waals surface area (Å²) in [6.07, 6.45) is 1.16. The van der Waals surface area contributed by atoms with Crippen LogP contribution in [0.1, 0.15) is 17.5 Å². The molecule has 3 N–H and O–H groups in total. The molecule has 0 aliphatic heterocycles. The summed E-state index contributed by atoms with van der Waals surface area (Å²) >= 11 is 0. The Balaban J connectivity index is 2.43. The molecule has 0 radical (unpaired) electrons. The molecule has 1 aromatic rings. The van der Waals surface area contributed by atoms with Crippen molar-refractivity contribution in [3.8, 4) is 0 Å². The predicted octanol–water partition coefficient (Wildman–Crippen LogP) is 0.494. The van der Waals surface area contributed by atoms with E-state index in [0.717, 1.165) is 11.1 Å². The smallest absolute Gasteiger partial charge is 0.313 e. The van der Waals surface area contributed by atoms with Crippen LogP contribution >= 0.6 is 0 Å². The van der Waals surface area contributed by atoms with E-state index in [9.17, 15) is 14.4 Å². The van der Waals surface area contributed by atoms with E-state index in [4.69, 9.17) is 0 Å². The van der Waals surface area contributed by atoms with Crippen LogP contribution in [-0.4, -0.2) is 31.3 Å². The zero-order valence-corrected chi connectivity index (χ0v) is 11.7. The lowest BCUT2D eigenvalue weighted by Crippen LogP contribution is -2.36. The van der Waals surface area contributed by atoms with Gasteiger partial charge in [0.1, 0.15) is 0 Å². The molecule has 6 nitrogen and oxygen atoms in total. The molecule has 0 atom stereocenters. The fourth-order valence-electron chi connectivity index (χ4n) is 1.58. The summed E-state index contributed by atoms with van der Waals surface area (Å²) in [7, 11) is 0. The van der Waals surface area contributed by atoms with Crippen molar-refractivity contribution < 1.29 is 14.4 Å². The number of hydrogen-bond acceptors (Lipinski definition) is 3. The highest BCUT2D eigenvalue weighted by atomic mass is 16.2. The topological polar surface area (TPSA) is 87.3 Å². The van der Waals surface area contributed by atoms with Crippen molar-refractivity contribution in [2.24, 2.45) is 0 Å². The normalized spacial score (nSPS) is 9.70. The van der Waals surface area contributed by atoms with E-state index in [2.05, 4.69) is 16.0 Å². The van der Waals surface area contributed by atoms with Crippen molar-refractivity contribution >= 4 is 23.9 Å². The Labute approximate surface area is 117 Å². The molecule has 0 saturated heterocycles. The molecule has 1 aromatic carbocycles. The van der Waals surface area contributed by atoms with Gasteiger partial charge in [-0.3, -0.25) is 14.4 Å². The van der Waals surface area contributed by atoms with Gasteiger partial charge in [-0.25, -0.2) is 0 Å². The molecule has 0 heterocycles. The number of amides is 3. The van der Waals surface area contributed by atoms with Gasteiger partial charge in [-0.2, -0.15) is 0 Å². The van der Waals surface area contributed by atoms with Crippen LogP contribution < -0.4 is 16.0 Å². The highest BCUT2D eigenvalue weighted by Gasteiger charge is 2.13. The average Bonchev–Trinajstić information content (AvgIpc) is 2.42. The Morgan fingerprint density at radius 2 is 1.90 bits per heavy atom. The first-order valence-corrected chi connectivity index (χ1v) is 6.38. The van der Waals surface area contributed by atoms with Crippen molar-refractivity contribution in [2.45, 2.75) is 20.3 Å². The van der Waals surface area contributed by atoms with E-state index in [1.165, 1.54) is 0 Å². The Morgan fingerprint density at radius 1 is 1.15 bits per heavy atom. The zero-order chi connectivity index (χ0) is 15.0. The second-order valence-corrected chi connectivity index (χ2v) is 4.45. The molecule has 0 saturated carbocycles. The van der Waals surface area contributed by atoms with Gasteiger partial charge < -0.3 is 16.0 Å². The highest BCUT2D eigenvalue weighted by Crippen LogP contribution is 2.15. The first-order chi connectivity index (χ1) is 9.54. The second-order valence-electron chi connectivity index (χ2n) is 4.45. The van der Waals surface area contributed by atoms with Gasteiger partial charge in [0, 0.05) is 18.8 Å². The number of nitrogens with one attached hydrogen (secondary N) is 3. The van der Waals surface area contributed by atoms with Gasteiger partial charge >= 0.3 is 11.8 Å². The quantitative estimate of drug-likeness (QED) is 0.402. The minimum Gasteiger partial charge on any atom is -0.359 e. The lowest BCUT2D eigenvalue weighted by atomic mass is 10.1. The third-order valence-corrected chi connectivity index (χ3v) is 2.71. The van der Waals surface area contributed by atoms with Crippen molar-refractivity contribution in [1.82, 2.24) is 10.6 Å². The maximum absolute atomic E-state index is 11.7. The average molecular weight is 277 g/mol. The Kier molecular flexibility index (Phi) is 6.22. The number of carbonyl (C=O) groups is 3. The van der Waals surface area contributed by atoms with Gasteiger partial charge in [-0.1, -0.05) is 12.1 Å². The summed E-state index contributed by atoms with van der Waals surface area (Å²) < 4.78 is 0. The molecule has 108 valence electrons. The molecule has 0 aliphatic carbocycles. The standard InChI is InChI=1S/C14H19N3O3/c1-10-4-5-11(2)12(8-10)17-14(20)13(19)16-7-3-6-15-9-18/h4-5,8-9H,3,6-7H2,1-2H3,(H,15,18)(H,16,19)(H,17,20). The molecule has 0 aromatic heterocycles. The molecule has 0 bridgehead atoms. The van der Waals surface area contributed by atoms with Crippen LogP contribution in [-0.2, 0) is 14.4 Å². The second kappa shape index (κ2) is 7.93. The minimum absolute atomic E-state index is 0.333. The summed E-state index contributed by atoms with van der Waals surface area (Å²) in [6.45, 7) is 4.57. The number of aryl methyl sites for hydroxylation is 2. The van der Waals surface area contributed by atoms with Crippen LogP contribution in [0.5, 0.6) is 0 Å². The van der Waals surface area contributed by atoms with Crippen LogP contribution in [0.3, 0.4) is 0 Å². The van der Waals surface area contributed by atoms with E-state index < -0.39 is 11.8 Å². The van der Waals surface area contributed by atoms with Crippen molar-refractivity contribution in [3.63, 3.8) is 0 Å². The Hall–Kier alpha value is -2.37. The van der Waals surface area contributed by atoms with E-state index in [-0.39, 0.29) is 0 Å². The highest BCUT2D eigenvalue weighted by molar-refractivity contribution is 6.39. The Bertz CT molecular complexity index is 500.